The monoisotopic (exact) mass is 540 g/mol. The quantitative estimate of drug-likeness (QED) is 0.456. The molecule has 0 spiro atoms. The number of aromatic nitrogens is 3. The molecule has 0 radical (unpaired) electrons. The van der Waals surface area contributed by atoms with Crippen LogP contribution in [0.4, 0.5) is 27.7 Å². The summed E-state index contributed by atoms with van der Waals surface area (Å²) in [7, 11) is -0.795. The molecule has 10 heteroatoms. The van der Waals surface area contributed by atoms with Gasteiger partial charge >= 0.3 is 0 Å². The number of hydrogen-bond acceptors (Lipinski definition) is 8. The van der Waals surface area contributed by atoms with Crippen LogP contribution in [-0.2, 0) is 10.8 Å². The Morgan fingerprint density at radius 3 is 2.71 bits per heavy atom. The van der Waals surface area contributed by atoms with E-state index in [2.05, 4.69) is 59.2 Å². The number of benzene rings is 1. The topological polar surface area (TPSA) is 94.5 Å². The summed E-state index contributed by atoms with van der Waals surface area (Å²) in [5.74, 6) is 3.16. The van der Waals surface area contributed by atoms with Crippen molar-refractivity contribution in [2.45, 2.75) is 57.8 Å². The minimum absolute atomic E-state index is 0.0380. The van der Waals surface area contributed by atoms with Crippen molar-refractivity contribution in [2.24, 2.45) is 5.92 Å². The number of nitrogens with zero attached hydrogens (tertiary/aromatic N) is 5. The van der Waals surface area contributed by atoms with E-state index in [-0.39, 0.29) is 6.54 Å². The van der Waals surface area contributed by atoms with Crippen LogP contribution in [0.1, 0.15) is 45.6 Å². The van der Waals surface area contributed by atoms with E-state index in [4.69, 9.17) is 4.98 Å². The molecule has 0 bridgehead atoms. The number of nitrogens with one attached hydrogen (secondary N) is 1. The van der Waals surface area contributed by atoms with Gasteiger partial charge in [-0.3, -0.25) is 4.21 Å². The number of fused-ring (bicyclic) bond motifs is 1. The van der Waals surface area contributed by atoms with E-state index in [0.717, 1.165) is 28.8 Å². The predicted octanol–water partition coefficient (Wildman–Crippen LogP) is 4.39. The van der Waals surface area contributed by atoms with Crippen LogP contribution in [0.5, 0.6) is 0 Å². The van der Waals surface area contributed by atoms with Crippen LogP contribution < -0.4 is 15.1 Å². The Morgan fingerprint density at radius 1 is 1.24 bits per heavy atom. The molecule has 204 valence electrons. The zero-order valence-electron chi connectivity index (χ0n) is 22.7. The Balaban J connectivity index is 1.41. The first-order valence-electron chi connectivity index (χ1n) is 13.2. The number of rotatable bonds is 7. The molecule has 5 rings (SSSR count). The highest BCUT2D eigenvalue weighted by atomic mass is 32.2. The van der Waals surface area contributed by atoms with Crippen LogP contribution in [0.25, 0.3) is 10.8 Å². The molecule has 1 aromatic carbocycles. The number of aliphatic hydroxyl groups excluding tert-OH is 1. The van der Waals surface area contributed by atoms with Crippen molar-refractivity contribution in [1.82, 2.24) is 15.0 Å². The van der Waals surface area contributed by atoms with E-state index in [1.54, 1.807) is 23.4 Å². The van der Waals surface area contributed by atoms with Crippen molar-refractivity contribution in [3.63, 3.8) is 0 Å². The van der Waals surface area contributed by atoms with E-state index in [9.17, 15) is 13.7 Å². The molecule has 2 N–H and O–H groups in total. The van der Waals surface area contributed by atoms with E-state index in [0.29, 0.717) is 48.4 Å². The summed E-state index contributed by atoms with van der Waals surface area (Å²) in [5.41, 5.74) is 0.684. The van der Waals surface area contributed by atoms with Crippen molar-refractivity contribution in [1.29, 1.82) is 0 Å². The fraction of sp³-hybridized carbons (Fsp3) is 0.536. The Labute approximate surface area is 226 Å². The van der Waals surface area contributed by atoms with Gasteiger partial charge in [-0.25, -0.2) is 14.4 Å². The second kappa shape index (κ2) is 10.4. The minimum atomic E-state index is -1.71. The van der Waals surface area contributed by atoms with Gasteiger partial charge in [0.05, 0.1) is 12.6 Å². The Morgan fingerprint density at radius 2 is 2.03 bits per heavy atom. The van der Waals surface area contributed by atoms with Gasteiger partial charge in [-0.05, 0) is 55.3 Å². The summed E-state index contributed by atoms with van der Waals surface area (Å²) in [4.78, 5) is 17.8. The second-order valence-electron chi connectivity index (χ2n) is 11.2. The van der Waals surface area contributed by atoms with Gasteiger partial charge in [0.2, 0.25) is 5.95 Å². The Hall–Kier alpha value is -2.85. The summed E-state index contributed by atoms with van der Waals surface area (Å²) < 4.78 is 26.5. The lowest BCUT2D eigenvalue weighted by atomic mass is 9.88. The number of pyridine rings is 1. The number of aliphatic hydroxyl groups is 1. The van der Waals surface area contributed by atoms with E-state index in [1.165, 1.54) is 12.5 Å². The van der Waals surface area contributed by atoms with Crippen LogP contribution in [0.2, 0.25) is 0 Å². The molecule has 0 saturated carbocycles. The molecule has 3 aromatic rings. The summed E-state index contributed by atoms with van der Waals surface area (Å²) in [6.07, 6.45) is 4.68. The maximum Gasteiger partial charge on any atom is 0.227 e. The molecule has 2 aliphatic rings. The molecule has 0 aliphatic carbocycles. The standard InChI is InChI=1S/C28H37FN6O2S/c1-17(2)20-6-7-23(35-14-19(18(35)3)15-38(5)37)22-13-31-26(12-21(20)22)32-25-8-10-30-27(33-25)34-11-9-24(36)28(4,29)16-34/h6-8,10,12-13,17-19,24,36H,9,11,14-16H2,1-5H3,(H,30,31,32,33)/t18-,19-,24+,28-,38+/m1/s1. The average Bonchev–Trinajstić information content (AvgIpc) is 2.87. The molecule has 4 heterocycles. The molecular formula is C28H37FN6O2S. The third kappa shape index (κ3) is 5.20. The Bertz CT molecular complexity index is 1350. The van der Waals surface area contributed by atoms with Gasteiger partial charge in [-0.2, -0.15) is 4.98 Å². The summed E-state index contributed by atoms with van der Waals surface area (Å²) in [6.45, 7) is 9.41. The summed E-state index contributed by atoms with van der Waals surface area (Å²) in [6, 6.07) is 8.54. The van der Waals surface area contributed by atoms with E-state index in [1.807, 2.05) is 6.20 Å². The lowest BCUT2D eigenvalue weighted by Gasteiger charge is -2.48. The SMILES string of the molecule is CC(C)c1ccc(N2C[C@H](C[S@](C)=O)[C@H]2C)c2cnc(Nc3ccnc(N4CC[C@H](O)[C@](C)(F)C4)n3)cc12. The second-order valence-corrected chi connectivity index (χ2v) is 12.7. The predicted molar refractivity (Wildman–Crippen MR) is 153 cm³/mol. The van der Waals surface area contributed by atoms with Gasteiger partial charge in [0.25, 0.3) is 0 Å². The molecule has 0 amide bonds. The van der Waals surface area contributed by atoms with Crippen LogP contribution in [0.3, 0.4) is 0 Å². The van der Waals surface area contributed by atoms with Gasteiger partial charge in [0.15, 0.2) is 5.67 Å². The van der Waals surface area contributed by atoms with Gasteiger partial charge in [0, 0.05) is 71.3 Å². The van der Waals surface area contributed by atoms with Crippen LogP contribution in [-0.4, -0.2) is 73.7 Å². The van der Waals surface area contributed by atoms with Crippen molar-refractivity contribution in [2.75, 3.05) is 46.8 Å². The maximum atomic E-state index is 14.7. The number of anilines is 4. The molecule has 38 heavy (non-hydrogen) atoms. The molecule has 5 atom stereocenters. The highest BCUT2D eigenvalue weighted by Crippen LogP contribution is 2.39. The van der Waals surface area contributed by atoms with Crippen LogP contribution in [0, 0.1) is 5.92 Å². The smallest absolute Gasteiger partial charge is 0.227 e. The number of hydrogen-bond donors (Lipinski definition) is 2. The molecule has 2 aliphatic heterocycles. The molecule has 8 nitrogen and oxygen atoms in total. The zero-order chi connectivity index (χ0) is 27.2. The lowest BCUT2D eigenvalue weighted by molar-refractivity contribution is -0.00860. The summed E-state index contributed by atoms with van der Waals surface area (Å²) >= 11 is 0. The van der Waals surface area contributed by atoms with Crippen molar-refractivity contribution in [3.05, 3.63) is 42.2 Å². The van der Waals surface area contributed by atoms with Crippen LogP contribution >= 0.6 is 0 Å². The average molecular weight is 541 g/mol. The van der Waals surface area contributed by atoms with E-state index < -0.39 is 22.6 Å². The largest absolute Gasteiger partial charge is 0.390 e. The third-order valence-corrected chi connectivity index (χ3v) is 8.84. The first kappa shape index (κ1) is 26.7. The van der Waals surface area contributed by atoms with E-state index >= 15 is 0 Å². The van der Waals surface area contributed by atoms with Crippen molar-refractivity contribution >= 4 is 44.8 Å². The fourth-order valence-electron chi connectivity index (χ4n) is 5.58. The van der Waals surface area contributed by atoms with Gasteiger partial charge in [0.1, 0.15) is 11.6 Å². The lowest BCUT2D eigenvalue weighted by Crippen LogP contribution is -2.56. The molecule has 0 unspecified atom stereocenters. The number of alkyl halides is 1. The number of piperidine rings is 1. The first-order chi connectivity index (χ1) is 18.0. The van der Waals surface area contributed by atoms with Gasteiger partial charge in [-0.1, -0.05) is 19.9 Å². The van der Waals surface area contributed by atoms with Crippen molar-refractivity contribution in [3.8, 4) is 0 Å². The molecule has 2 fully saturated rings. The maximum absolute atomic E-state index is 14.7. The van der Waals surface area contributed by atoms with Crippen molar-refractivity contribution < 1.29 is 13.7 Å². The fourth-order valence-corrected chi connectivity index (χ4v) is 6.56. The third-order valence-electron chi connectivity index (χ3n) is 7.95. The highest BCUT2D eigenvalue weighted by molar-refractivity contribution is 7.84. The van der Waals surface area contributed by atoms with Crippen LogP contribution in [0.15, 0.2) is 36.7 Å². The minimum Gasteiger partial charge on any atom is -0.390 e. The Kier molecular flexibility index (Phi) is 7.30. The number of halogens is 1. The molecule has 2 aromatic heterocycles. The van der Waals surface area contributed by atoms with Gasteiger partial charge < -0.3 is 20.2 Å². The highest BCUT2D eigenvalue weighted by Gasteiger charge is 2.40. The molecular weight excluding hydrogens is 503 g/mol. The van der Waals surface area contributed by atoms with Gasteiger partial charge in [-0.15, -0.1) is 0 Å². The molecule has 2 saturated heterocycles. The normalized spacial score (nSPS) is 26.5. The first-order valence-corrected chi connectivity index (χ1v) is 15.0. The zero-order valence-corrected chi connectivity index (χ0v) is 23.5. The summed E-state index contributed by atoms with van der Waals surface area (Å²) in [5, 5.41) is 15.5.